The van der Waals surface area contributed by atoms with Crippen LogP contribution in [0.5, 0.6) is 0 Å². The number of aryl methyl sites for hydroxylation is 1. The fraction of sp³-hybridized carbons (Fsp3) is 0.500. The van der Waals surface area contributed by atoms with E-state index in [2.05, 4.69) is 25.9 Å². The predicted octanol–water partition coefficient (Wildman–Crippen LogP) is 1.33. The number of ether oxygens (including phenoxy) is 1. The fourth-order valence-corrected chi connectivity index (χ4v) is 2.98. The molecule has 0 radical (unpaired) electrons. The molecule has 1 unspecified atom stereocenters. The third-order valence-corrected chi connectivity index (χ3v) is 4.14. The van der Waals surface area contributed by atoms with Gasteiger partial charge < -0.3 is 10.1 Å². The summed E-state index contributed by atoms with van der Waals surface area (Å²) in [4.78, 5) is 12.4. The molecule has 7 nitrogen and oxygen atoms in total. The SMILES string of the molecule is Cc1cccc(CC(=O)NC(c2nn[nH]n2)C2CCOCC2)c1. The summed E-state index contributed by atoms with van der Waals surface area (Å²) >= 11 is 0. The zero-order valence-corrected chi connectivity index (χ0v) is 13.2. The number of H-pyrrole nitrogens is 1. The average Bonchev–Trinajstić information content (AvgIpc) is 3.07. The topological polar surface area (TPSA) is 92.8 Å². The van der Waals surface area contributed by atoms with Gasteiger partial charge in [-0.15, -0.1) is 10.2 Å². The highest BCUT2D eigenvalue weighted by atomic mass is 16.5. The van der Waals surface area contributed by atoms with Crippen LogP contribution in [-0.2, 0) is 16.0 Å². The highest BCUT2D eigenvalue weighted by Crippen LogP contribution is 2.27. The van der Waals surface area contributed by atoms with Gasteiger partial charge in [-0.05, 0) is 31.2 Å². The summed E-state index contributed by atoms with van der Waals surface area (Å²) in [6.07, 6.45) is 2.10. The molecule has 1 saturated heterocycles. The van der Waals surface area contributed by atoms with Crippen LogP contribution in [0.1, 0.15) is 35.8 Å². The van der Waals surface area contributed by atoms with Gasteiger partial charge in [0.25, 0.3) is 0 Å². The molecule has 1 aliphatic heterocycles. The van der Waals surface area contributed by atoms with Crippen molar-refractivity contribution in [2.24, 2.45) is 5.92 Å². The van der Waals surface area contributed by atoms with Crippen LogP contribution in [0.15, 0.2) is 24.3 Å². The number of hydrogen-bond donors (Lipinski definition) is 2. The van der Waals surface area contributed by atoms with E-state index in [0.29, 0.717) is 25.5 Å². The van der Waals surface area contributed by atoms with Crippen LogP contribution in [0.4, 0.5) is 0 Å². The Morgan fingerprint density at radius 1 is 1.43 bits per heavy atom. The summed E-state index contributed by atoms with van der Waals surface area (Å²) in [6.45, 7) is 3.42. The van der Waals surface area contributed by atoms with Crippen LogP contribution in [0.3, 0.4) is 0 Å². The van der Waals surface area contributed by atoms with Gasteiger partial charge in [0.05, 0.1) is 12.5 Å². The smallest absolute Gasteiger partial charge is 0.225 e. The molecule has 1 aromatic carbocycles. The van der Waals surface area contributed by atoms with Gasteiger partial charge in [-0.3, -0.25) is 4.79 Å². The summed E-state index contributed by atoms with van der Waals surface area (Å²) in [7, 11) is 0. The summed E-state index contributed by atoms with van der Waals surface area (Å²) < 4.78 is 5.40. The Labute approximate surface area is 134 Å². The van der Waals surface area contributed by atoms with E-state index < -0.39 is 0 Å². The lowest BCUT2D eigenvalue weighted by atomic mass is 9.91. The molecule has 3 rings (SSSR count). The van der Waals surface area contributed by atoms with Crippen molar-refractivity contribution in [1.29, 1.82) is 0 Å². The van der Waals surface area contributed by atoms with Gasteiger partial charge in [-0.1, -0.05) is 35.0 Å². The molecule has 122 valence electrons. The fourth-order valence-electron chi connectivity index (χ4n) is 2.98. The van der Waals surface area contributed by atoms with Crippen LogP contribution >= 0.6 is 0 Å². The monoisotopic (exact) mass is 315 g/mol. The molecule has 0 bridgehead atoms. The number of aromatic amines is 1. The van der Waals surface area contributed by atoms with Gasteiger partial charge in [0, 0.05) is 13.2 Å². The molecular weight excluding hydrogens is 294 g/mol. The molecule has 0 spiro atoms. The van der Waals surface area contributed by atoms with Crippen LogP contribution in [0.2, 0.25) is 0 Å². The first kappa shape index (κ1) is 15.6. The van der Waals surface area contributed by atoms with E-state index in [4.69, 9.17) is 4.74 Å². The number of benzene rings is 1. The molecule has 1 aliphatic rings. The minimum Gasteiger partial charge on any atom is -0.381 e. The van der Waals surface area contributed by atoms with E-state index in [-0.39, 0.29) is 17.9 Å². The van der Waals surface area contributed by atoms with Gasteiger partial charge in [0.2, 0.25) is 5.91 Å². The first-order valence-electron chi connectivity index (χ1n) is 7.88. The number of hydrogen-bond acceptors (Lipinski definition) is 5. The van der Waals surface area contributed by atoms with Crippen molar-refractivity contribution in [3.05, 3.63) is 41.2 Å². The second kappa shape index (κ2) is 7.32. The van der Waals surface area contributed by atoms with Gasteiger partial charge in [-0.2, -0.15) is 5.21 Å². The van der Waals surface area contributed by atoms with Gasteiger partial charge >= 0.3 is 0 Å². The van der Waals surface area contributed by atoms with Crippen LogP contribution in [0, 0.1) is 12.8 Å². The number of tetrazole rings is 1. The van der Waals surface area contributed by atoms with Crippen molar-refractivity contribution in [1.82, 2.24) is 25.9 Å². The zero-order valence-electron chi connectivity index (χ0n) is 13.2. The minimum atomic E-state index is -0.227. The first-order valence-corrected chi connectivity index (χ1v) is 7.88. The Kier molecular flexibility index (Phi) is 4.97. The normalized spacial score (nSPS) is 16.9. The number of nitrogens with one attached hydrogen (secondary N) is 2. The Bertz CT molecular complexity index is 638. The van der Waals surface area contributed by atoms with Gasteiger partial charge in [0.1, 0.15) is 0 Å². The number of aromatic nitrogens is 4. The Morgan fingerprint density at radius 3 is 2.96 bits per heavy atom. The summed E-state index contributed by atoms with van der Waals surface area (Å²) in [6, 6.07) is 7.75. The van der Waals surface area contributed by atoms with Crippen molar-refractivity contribution >= 4 is 5.91 Å². The number of carbonyl (C=O) groups is 1. The average molecular weight is 315 g/mol. The van der Waals surface area contributed by atoms with Crippen LogP contribution < -0.4 is 5.32 Å². The van der Waals surface area contributed by atoms with Crippen molar-refractivity contribution in [3.63, 3.8) is 0 Å². The second-order valence-corrected chi connectivity index (χ2v) is 5.93. The molecule has 23 heavy (non-hydrogen) atoms. The largest absolute Gasteiger partial charge is 0.381 e. The maximum Gasteiger partial charge on any atom is 0.225 e. The second-order valence-electron chi connectivity index (χ2n) is 5.93. The Hall–Kier alpha value is -2.28. The lowest BCUT2D eigenvalue weighted by molar-refractivity contribution is -0.122. The van der Waals surface area contributed by atoms with Gasteiger partial charge in [0.15, 0.2) is 5.82 Å². The number of nitrogens with zero attached hydrogens (tertiary/aromatic N) is 3. The zero-order chi connectivity index (χ0) is 16.1. The first-order chi connectivity index (χ1) is 11.2. The highest BCUT2D eigenvalue weighted by molar-refractivity contribution is 5.79. The van der Waals surface area contributed by atoms with Crippen LogP contribution in [-0.4, -0.2) is 39.7 Å². The molecule has 0 saturated carbocycles. The molecule has 2 heterocycles. The third kappa shape index (κ3) is 4.13. The number of rotatable bonds is 5. The Morgan fingerprint density at radius 2 is 2.26 bits per heavy atom. The van der Waals surface area contributed by atoms with Crippen molar-refractivity contribution in [2.45, 2.75) is 32.2 Å². The quantitative estimate of drug-likeness (QED) is 0.868. The molecule has 2 aromatic rings. The lowest BCUT2D eigenvalue weighted by Crippen LogP contribution is -2.37. The number of carbonyl (C=O) groups excluding carboxylic acids is 1. The van der Waals surface area contributed by atoms with Gasteiger partial charge in [-0.25, -0.2) is 0 Å². The summed E-state index contributed by atoms with van der Waals surface area (Å²) in [5.74, 6) is 0.772. The van der Waals surface area contributed by atoms with E-state index >= 15 is 0 Å². The minimum absolute atomic E-state index is 0.0307. The summed E-state index contributed by atoms with van der Waals surface area (Å²) in [5, 5.41) is 17.3. The van der Waals surface area contributed by atoms with Crippen molar-refractivity contribution in [3.8, 4) is 0 Å². The molecule has 1 fully saturated rings. The number of amides is 1. The van der Waals surface area contributed by atoms with E-state index in [1.54, 1.807) is 0 Å². The molecule has 1 amide bonds. The predicted molar refractivity (Wildman–Crippen MR) is 83.5 cm³/mol. The van der Waals surface area contributed by atoms with E-state index in [0.717, 1.165) is 24.0 Å². The van der Waals surface area contributed by atoms with Crippen LogP contribution in [0.25, 0.3) is 0 Å². The highest BCUT2D eigenvalue weighted by Gasteiger charge is 2.29. The molecular formula is C16H21N5O2. The molecule has 1 atom stereocenters. The molecule has 7 heteroatoms. The van der Waals surface area contributed by atoms with Crippen molar-refractivity contribution < 1.29 is 9.53 Å². The molecule has 2 N–H and O–H groups in total. The van der Waals surface area contributed by atoms with Crippen molar-refractivity contribution in [2.75, 3.05) is 13.2 Å². The molecule has 1 aromatic heterocycles. The molecule has 0 aliphatic carbocycles. The van der Waals surface area contributed by atoms with E-state index in [9.17, 15) is 4.79 Å². The maximum atomic E-state index is 12.4. The summed E-state index contributed by atoms with van der Waals surface area (Å²) in [5.41, 5.74) is 2.15. The maximum absolute atomic E-state index is 12.4. The third-order valence-electron chi connectivity index (χ3n) is 4.14. The van der Waals surface area contributed by atoms with E-state index in [1.807, 2.05) is 31.2 Å². The van der Waals surface area contributed by atoms with E-state index in [1.165, 1.54) is 0 Å². The Balaban J connectivity index is 1.69. The lowest BCUT2D eigenvalue weighted by Gasteiger charge is -2.28. The standard InChI is InChI=1S/C16H21N5O2/c1-11-3-2-4-12(9-11)10-14(22)17-15(16-18-20-21-19-16)13-5-7-23-8-6-13/h2-4,9,13,15H,5-8,10H2,1H3,(H,17,22)(H,18,19,20,21).